The van der Waals surface area contributed by atoms with Crippen molar-refractivity contribution in [2.45, 2.75) is 32.2 Å². The normalized spacial score (nSPS) is 22.3. The van der Waals surface area contributed by atoms with Gasteiger partial charge in [-0.05, 0) is 37.9 Å². The lowest BCUT2D eigenvalue weighted by Crippen LogP contribution is -2.27. The van der Waals surface area contributed by atoms with E-state index in [4.69, 9.17) is 0 Å². The minimum Gasteiger partial charge on any atom is -0.310 e. The Morgan fingerprint density at radius 1 is 1.43 bits per heavy atom. The summed E-state index contributed by atoms with van der Waals surface area (Å²) in [5, 5.41) is 3.43. The van der Waals surface area contributed by atoms with Gasteiger partial charge in [0.25, 0.3) is 0 Å². The summed E-state index contributed by atoms with van der Waals surface area (Å²) >= 11 is 0. The molecule has 1 fully saturated rings. The van der Waals surface area contributed by atoms with Crippen LogP contribution in [-0.4, -0.2) is 11.5 Å². The average molecular weight is 194 g/mol. The van der Waals surface area contributed by atoms with E-state index in [2.05, 4.69) is 10.3 Å². The molecule has 0 saturated carbocycles. The predicted octanol–water partition coefficient (Wildman–Crippen LogP) is 2.34. The molecule has 0 bridgehead atoms. The molecule has 2 nitrogen and oxygen atoms in total. The van der Waals surface area contributed by atoms with Gasteiger partial charge in [0, 0.05) is 11.7 Å². The Labute approximate surface area is 83.6 Å². The van der Waals surface area contributed by atoms with Crippen molar-refractivity contribution in [3.8, 4) is 0 Å². The van der Waals surface area contributed by atoms with Gasteiger partial charge in [0.1, 0.15) is 0 Å². The van der Waals surface area contributed by atoms with E-state index in [0.29, 0.717) is 6.04 Å². The monoisotopic (exact) mass is 194 g/mol. The molecule has 14 heavy (non-hydrogen) atoms. The molecular weight excluding hydrogens is 179 g/mol. The molecule has 1 saturated heterocycles. The van der Waals surface area contributed by atoms with Crippen molar-refractivity contribution in [2.75, 3.05) is 6.54 Å². The van der Waals surface area contributed by atoms with Crippen molar-refractivity contribution in [3.05, 3.63) is 29.3 Å². The van der Waals surface area contributed by atoms with Gasteiger partial charge in [0.2, 0.25) is 5.95 Å². The van der Waals surface area contributed by atoms with Gasteiger partial charge in [-0.2, -0.15) is 4.39 Å². The zero-order valence-electron chi connectivity index (χ0n) is 8.39. The van der Waals surface area contributed by atoms with Crippen LogP contribution in [0.1, 0.15) is 36.6 Å². The molecule has 1 aliphatic heterocycles. The summed E-state index contributed by atoms with van der Waals surface area (Å²) in [7, 11) is 0. The number of piperidine rings is 1. The fourth-order valence-corrected chi connectivity index (χ4v) is 2.03. The maximum atomic E-state index is 12.8. The Hall–Kier alpha value is -0.960. The second-order valence-electron chi connectivity index (χ2n) is 3.81. The van der Waals surface area contributed by atoms with Crippen LogP contribution >= 0.6 is 0 Å². The second kappa shape index (κ2) is 4.05. The molecule has 1 unspecified atom stereocenters. The van der Waals surface area contributed by atoms with Gasteiger partial charge >= 0.3 is 0 Å². The van der Waals surface area contributed by atoms with Crippen molar-refractivity contribution < 1.29 is 4.39 Å². The quantitative estimate of drug-likeness (QED) is 0.694. The number of hydrogen-bond donors (Lipinski definition) is 1. The molecule has 3 heteroatoms. The number of pyridine rings is 1. The molecule has 0 aliphatic carbocycles. The second-order valence-corrected chi connectivity index (χ2v) is 3.81. The Balaban J connectivity index is 2.22. The van der Waals surface area contributed by atoms with Crippen LogP contribution in [-0.2, 0) is 0 Å². The van der Waals surface area contributed by atoms with Gasteiger partial charge in [-0.25, -0.2) is 4.98 Å². The van der Waals surface area contributed by atoms with E-state index in [1.165, 1.54) is 18.9 Å². The third-order valence-electron chi connectivity index (χ3n) is 2.78. The Morgan fingerprint density at radius 2 is 2.29 bits per heavy atom. The van der Waals surface area contributed by atoms with E-state index in [-0.39, 0.29) is 5.95 Å². The van der Waals surface area contributed by atoms with Crippen LogP contribution in [0.15, 0.2) is 12.1 Å². The van der Waals surface area contributed by atoms with Crippen LogP contribution in [0.2, 0.25) is 0 Å². The van der Waals surface area contributed by atoms with Crippen molar-refractivity contribution in [3.63, 3.8) is 0 Å². The van der Waals surface area contributed by atoms with Crippen molar-refractivity contribution in [2.24, 2.45) is 0 Å². The maximum Gasteiger partial charge on any atom is 0.213 e. The SMILES string of the molecule is Cc1nc(F)ccc1C1CCCCN1. The van der Waals surface area contributed by atoms with Crippen molar-refractivity contribution in [1.29, 1.82) is 0 Å². The fourth-order valence-electron chi connectivity index (χ4n) is 2.03. The van der Waals surface area contributed by atoms with Gasteiger partial charge in [0.05, 0.1) is 0 Å². The molecule has 1 aromatic heterocycles. The number of nitrogens with zero attached hydrogens (tertiary/aromatic N) is 1. The summed E-state index contributed by atoms with van der Waals surface area (Å²) in [6.07, 6.45) is 3.62. The molecule has 76 valence electrons. The van der Waals surface area contributed by atoms with Gasteiger partial charge in [-0.15, -0.1) is 0 Å². The van der Waals surface area contributed by atoms with E-state index < -0.39 is 0 Å². The first-order chi connectivity index (χ1) is 6.77. The molecule has 2 rings (SSSR count). The largest absolute Gasteiger partial charge is 0.310 e. The van der Waals surface area contributed by atoms with E-state index >= 15 is 0 Å². The predicted molar refractivity (Wildman–Crippen MR) is 53.5 cm³/mol. The molecule has 0 spiro atoms. The van der Waals surface area contributed by atoms with Gasteiger partial charge in [-0.1, -0.05) is 12.5 Å². The first kappa shape index (κ1) is 9.59. The van der Waals surface area contributed by atoms with Gasteiger partial charge in [0.15, 0.2) is 0 Å². The number of rotatable bonds is 1. The van der Waals surface area contributed by atoms with Crippen LogP contribution < -0.4 is 5.32 Å². The lowest BCUT2D eigenvalue weighted by atomic mass is 9.97. The summed E-state index contributed by atoms with van der Waals surface area (Å²) < 4.78 is 12.8. The maximum absolute atomic E-state index is 12.8. The first-order valence-corrected chi connectivity index (χ1v) is 5.14. The van der Waals surface area contributed by atoms with Crippen LogP contribution in [0, 0.1) is 12.9 Å². The summed E-state index contributed by atoms with van der Waals surface area (Å²) in [4.78, 5) is 3.84. The minimum absolute atomic E-state index is 0.372. The number of nitrogens with one attached hydrogen (secondary N) is 1. The minimum atomic E-state index is -0.387. The Kier molecular flexibility index (Phi) is 2.77. The van der Waals surface area contributed by atoms with E-state index in [1.807, 2.05) is 13.0 Å². The summed E-state index contributed by atoms with van der Waals surface area (Å²) in [6.45, 7) is 2.93. The highest BCUT2D eigenvalue weighted by molar-refractivity contribution is 5.23. The summed E-state index contributed by atoms with van der Waals surface area (Å²) in [5.74, 6) is -0.387. The third-order valence-corrected chi connectivity index (χ3v) is 2.78. The lowest BCUT2D eigenvalue weighted by Gasteiger charge is -2.24. The number of halogens is 1. The van der Waals surface area contributed by atoms with Crippen molar-refractivity contribution in [1.82, 2.24) is 10.3 Å². The lowest BCUT2D eigenvalue weighted by molar-refractivity contribution is 0.409. The molecular formula is C11H15FN2. The van der Waals surface area contributed by atoms with E-state index in [0.717, 1.165) is 24.2 Å². The number of hydrogen-bond acceptors (Lipinski definition) is 2. The molecule has 1 N–H and O–H groups in total. The molecule has 0 amide bonds. The summed E-state index contributed by atoms with van der Waals surface area (Å²) in [5.41, 5.74) is 1.95. The Morgan fingerprint density at radius 3 is 2.93 bits per heavy atom. The average Bonchev–Trinajstić information content (AvgIpc) is 2.19. The van der Waals surface area contributed by atoms with Gasteiger partial charge in [-0.3, -0.25) is 0 Å². The standard InChI is InChI=1S/C11H15FN2/c1-8-9(5-6-11(12)14-8)10-4-2-3-7-13-10/h5-6,10,13H,2-4,7H2,1H3. The van der Waals surface area contributed by atoms with Crippen LogP contribution in [0.25, 0.3) is 0 Å². The highest BCUT2D eigenvalue weighted by Crippen LogP contribution is 2.24. The van der Waals surface area contributed by atoms with Gasteiger partial charge < -0.3 is 5.32 Å². The van der Waals surface area contributed by atoms with Crippen LogP contribution in [0.5, 0.6) is 0 Å². The molecule has 0 radical (unpaired) electrons. The first-order valence-electron chi connectivity index (χ1n) is 5.14. The van der Waals surface area contributed by atoms with Crippen molar-refractivity contribution >= 4 is 0 Å². The Bertz CT molecular complexity index is 319. The fraction of sp³-hybridized carbons (Fsp3) is 0.545. The number of aryl methyl sites for hydroxylation is 1. The molecule has 1 atom stereocenters. The molecule has 0 aromatic carbocycles. The third kappa shape index (κ3) is 1.93. The summed E-state index contributed by atoms with van der Waals surface area (Å²) in [6, 6.07) is 3.66. The topological polar surface area (TPSA) is 24.9 Å². The molecule has 2 heterocycles. The van der Waals surface area contributed by atoms with E-state index in [9.17, 15) is 4.39 Å². The molecule has 1 aromatic rings. The van der Waals surface area contributed by atoms with Crippen LogP contribution in [0.4, 0.5) is 4.39 Å². The zero-order valence-corrected chi connectivity index (χ0v) is 8.39. The van der Waals surface area contributed by atoms with Crippen LogP contribution in [0.3, 0.4) is 0 Å². The zero-order chi connectivity index (χ0) is 9.97. The number of aromatic nitrogens is 1. The van der Waals surface area contributed by atoms with E-state index in [1.54, 1.807) is 0 Å². The molecule has 1 aliphatic rings. The smallest absolute Gasteiger partial charge is 0.213 e. The highest BCUT2D eigenvalue weighted by atomic mass is 19.1. The highest BCUT2D eigenvalue weighted by Gasteiger charge is 2.16.